The summed E-state index contributed by atoms with van der Waals surface area (Å²) in [5.41, 5.74) is 4.88. The van der Waals surface area contributed by atoms with Crippen molar-refractivity contribution in [3.63, 3.8) is 0 Å². The van der Waals surface area contributed by atoms with Gasteiger partial charge in [-0.3, -0.25) is 4.79 Å². The molecule has 21 heavy (non-hydrogen) atoms. The Morgan fingerprint density at radius 3 is 2.48 bits per heavy atom. The first-order valence-electron chi connectivity index (χ1n) is 6.48. The molecule has 1 amide bonds. The van der Waals surface area contributed by atoms with Crippen molar-refractivity contribution in [3.8, 4) is 0 Å². The fourth-order valence-corrected chi connectivity index (χ4v) is 1.97. The third-order valence-corrected chi connectivity index (χ3v) is 3.08. The van der Waals surface area contributed by atoms with Gasteiger partial charge in [0.25, 0.3) is 5.91 Å². The molecule has 1 N–H and O–H groups in total. The molecule has 0 aliphatic heterocycles. The van der Waals surface area contributed by atoms with Gasteiger partial charge < -0.3 is 0 Å². The third kappa shape index (κ3) is 4.58. The van der Waals surface area contributed by atoms with E-state index in [1.807, 2.05) is 43.3 Å². The zero-order chi connectivity index (χ0) is 15.1. The number of halogens is 1. The highest BCUT2D eigenvalue weighted by atomic mass is 35.5. The number of rotatable bonds is 4. The van der Waals surface area contributed by atoms with Gasteiger partial charge in [0.1, 0.15) is 0 Å². The zero-order valence-electron chi connectivity index (χ0n) is 11.6. The summed E-state index contributed by atoms with van der Waals surface area (Å²) in [6.07, 6.45) is 3.58. The first-order chi connectivity index (χ1) is 10.2. The second kappa shape index (κ2) is 7.41. The SMILES string of the molecule is CC(/C=N/NC(=O)c1ccccc1Cl)=C\c1ccccc1. The van der Waals surface area contributed by atoms with E-state index in [0.717, 1.165) is 11.1 Å². The molecule has 0 fully saturated rings. The highest BCUT2D eigenvalue weighted by molar-refractivity contribution is 6.33. The third-order valence-electron chi connectivity index (χ3n) is 2.75. The number of amides is 1. The Balaban J connectivity index is 1.98. The van der Waals surface area contributed by atoms with Gasteiger partial charge in [-0.05, 0) is 30.2 Å². The molecule has 106 valence electrons. The van der Waals surface area contributed by atoms with Gasteiger partial charge in [0.05, 0.1) is 16.8 Å². The smallest absolute Gasteiger partial charge is 0.267 e. The summed E-state index contributed by atoms with van der Waals surface area (Å²) in [7, 11) is 0. The van der Waals surface area contributed by atoms with E-state index in [4.69, 9.17) is 11.6 Å². The molecular formula is C17H15ClN2O. The van der Waals surface area contributed by atoms with Crippen molar-refractivity contribution in [2.45, 2.75) is 6.92 Å². The topological polar surface area (TPSA) is 41.5 Å². The van der Waals surface area contributed by atoms with Crippen molar-refractivity contribution in [2.24, 2.45) is 5.10 Å². The van der Waals surface area contributed by atoms with Crippen LogP contribution in [0.5, 0.6) is 0 Å². The van der Waals surface area contributed by atoms with E-state index in [2.05, 4.69) is 10.5 Å². The molecule has 0 heterocycles. The van der Waals surface area contributed by atoms with Crippen LogP contribution in [0, 0.1) is 0 Å². The van der Waals surface area contributed by atoms with Crippen LogP contribution in [0.25, 0.3) is 6.08 Å². The summed E-state index contributed by atoms with van der Waals surface area (Å²) in [4.78, 5) is 11.9. The minimum absolute atomic E-state index is 0.329. The largest absolute Gasteiger partial charge is 0.272 e. The number of nitrogens with one attached hydrogen (secondary N) is 1. The molecule has 4 heteroatoms. The second-order valence-electron chi connectivity index (χ2n) is 4.48. The van der Waals surface area contributed by atoms with E-state index in [1.165, 1.54) is 0 Å². The Labute approximate surface area is 129 Å². The number of hydrogen-bond acceptors (Lipinski definition) is 2. The maximum atomic E-state index is 11.9. The van der Waals surface area contributed by atoms with Crippen LogP contribution in [0.4, 0.5) is 0 Å². The Morgan fingerprint density at radius 1 is 1.10 bits per heavy atom. The van der Waals surface area contributed by atoms with Gasteiger partial charge in [0.15, 0.2) is 0 Å². The molecule has 0 aliphatic rings. The second-order valence-corrected chi connectivity index (χ2v) is 4.89. The molecule has 2 rings (SSSR count). The van der Waals surface area contributed by atoms with E-state index >= 15 is 0 Å². The molecular weight excluding hydrogens is 284 g/mol. The van der Waals surface area contributed by atoms with Crippen LogP contribution in [0.1, 0.15) is 22.8 Å². The fraction of sp³-hybridized carbons (Fsp3) is 0.0588. The highest BCUT2D eigenvalue weighted by Crippen LogP contribution is 2.14. The Bertz CT molecular complexity index is 678. The number of hydrogen-bond donors (Lipinski definition) is 1. The Hall–Kier alpha value is -2.39. The van der Waals surface area contributed by atoms with Gasteiger partial charge in [-0.25, -0.2) is 5.43 Å². The molecule has 0 spiro atoms. The first kappa shape index (κ1) is 15.0. The zero-order valence-corrected chi connectivity index (χ0v) is 12.3. The standard InChI is InChI=1S/C17H15ClN2O/c1-13(11-14-7-3-2-4-8-14)12-19-20-17(21)15-9-5-6-10-16(15)18/h2-12H,1H3,(H,20,21)/b13-11+,19-12+. The van der Waals surface area contributed by atoms with E-state index in [1.54, 1.807) is 30.5 Å². The van der Waals surface area contributed by atoms with Crippen LogP contribution in [0.15, 0.2) is 65.3 Å². The Kier molecular flexibility index (Phi) is 5.29. The van der Waals surface area contributed by atoms with Crippen molar-refractivity contribution in [3.05, 3.63) is 76.3 Å². The lowest BCUT2D eigenvalue weighted by atomic mass is 10.1. The molecule has 0 aromatic heterocycles. The maximum absolute atomic E-state index is 11.9. The normalized spacial score (nSPS) is 11.6. The van der Waals surface area contributed by atoms with Crippen LogP contribution in [-0.2, 0) is 0 Å². The summed E-state index contributed by atoms with van der Waals surface area (Å²) in [6, 6.07) is 16.7. The summed E-state index contributed by atoms with van der Waals surface area (Å²) < 4.78 is 0. The van der Waals surface area contributed by atoms with Gasteiger partial charge in [0.2, 0.25) is 0 Å². The van der Waals surface area contributed by atoms with Crippen LogP contribution < -0.4 is 5.43 Å². The number of carbonyl (C=O) groups excluding carboxylic acids is 1. The Morgan fingerprint density at radius 2 is 1.76 bits per heavy atom. The van der Waals surface area contributed by atoms with Crippen LogP contribution in [0.2, 0.25) is 5.02 Å². The van der Waals surface area contributed by atoms with Crippen LogP contribution in [0.3, 0.4) is 0 Å². The summed E-state index contributed by atoms with van der Waals surface area (Å²) in [5.74, 6) is -0.329. The molecule has 0 atom stereocenters. The van der Waals surface area contributed by atoms with Crippen molar-refractivity contribution in [2.75, 3.05) is 0 Å². The van der Waals surface area contributed by atoms with Gasteiger partial charge in [-0.1, -0.05) is 60.1 Å². The molecule has 0 bridgehead atoms. The number of allylic oxidation sites excluding steroid dienone is 1. The predicted molar refractivity (Wildman–Crippen MR) is 87.5 cm³/mol. The molecule has 3 nitrogen and oxygen atoms in total. The molecule has 0 saturated heterocycles. The van der Waals surface area contributed by atoms with Crippen LogP contribution in [-0.4, -0.2) is 12.1 Å². The number of nitrogens with zero attached hydrogens (tertiary/aromatic N) is 1. The maximum Gasteiger partial charge on any atom is 0.272 e. The van der Waals surface area contributed by atoms with E-state index in [-0.39, 0.29) is 5.91 Å². The van der Waals surface area contributed by atoms with E-state index < -0.39 is 0 Å². The van der Waals surface area contributed by atoms with Crippen molar-refractivity contribution in [1.82, 2.24) is 5.43 Å². The van der Waals surface area contributed by atoms with Crippen molar-refractivity contribution < 1.29 is 4.79 Å². The monoisotopic (exact) mass is 298 g/mol. The van der Waals surface area contributed by atoms with Gasteiger partial charge in [-0.2, -0.15) is 5.10 Å². The number of benzene rings is 2. The van der Waals surface area contributed by atoms with E-state index in [0.29, 0.717) is 10.6 Å². The van der Waals surface area contributed by atoms with Crippen molar-refractivity contribution >= 4 is 29.8 Å². The minimum atomic E-state index is -0.329. The first-order valence-corrected chi connectivity index (χ1v) is 6.86. The molecule has 2 aromatic carbocycles. The lowest BCUT2D eigenvalue weighted by Gasteiger charge is -2.01. The van der Waals surface area contributed by atoms with Gasteiger partial charge >= 0.3 is 0 Å². The van der Waals surface area contributed by atoms with Gasteiger partial charge in [-0.15, -0.1) is 0 Å². The average molecular weight is 299 g/mol. The molecule has 0 unspecified atom stereocenters. The molecule has 0 aliphatic carbocycles. The lowest BCUT2D eigenvalue weighted by molar-refractivity contribution is 0.0955. The number of carbonyl (C=O) groups is 1. The molecule has 0 radical (unpaired) electrons. The fourth-order valence-electron chi connectivity index (χ4n) is 1.75. The summed E-state index contributed by atoms with van der Waals surface area (Å²) in [6.45, 7) is 1.91. The molecule has 0 saturated carbocycles. The summed E-state index contributed by atoms with van der Waals surface area (Å²) >= 11 is 5.94. The molecule has 2 aromatic rings. The van der Waals surface area contributed by atoms with Gasteiger partial charge in [0, 0.05) is 0 Å². The highest BCUT2D eigenvalue weighted by Gasteiger charge is 2.07. The predicted octanol–water partition coefficient (Wildman–Crippen LogP) is 4.16. The average Bonchev–Trinajstić information content (AvgIpc) is 2.48. The van der Waals surface area contributed by atoms with Crippen molar-refractivity contribution in [1.29, 1.82) is 0 Å². The van der Waals surface area contributed by atoms with E-state index in [9.17, 15) is 4.79 Å². The number of hydrazone groups is 1. The quantitative estimate of drug-likeness (QED) is 0.668. The summed E-state index contributed by atoms with van der Waals surface area (Å²) in [5, 5.41) is 4.34. The lowest BCUT2D eigenvalue weighted by Crippen LogP contribution is -2.17. The van der Waals surface area contributed by atoms with Crippen LogP contribution >= 0.6 is 11.6 Å². The minimum Gasteiger partial charge on any atom is -0.267 e.